The number of rotatable bonds is 3. The van der Waals surface area contributed by atoms with Crippen LogP contribution in [-0.4, -0.2) is 31.9 Å². The molecular weight excluding hydrogens is 256 g/mol. The standard InChI is InChI=1S/C11H16N2O2S2/c1-7-10(8(2)14)11(16-13-7)12-9-3-5-17(15)6-4-9/h9,12H,3-6H2,1-2H3. The van der Waals surface area contributed by atoms with Gasteiger partial charge in [-0.15, -0.1) is 0 Å². The molecule has 0 bridgehead atoms. The quantitative estimate of drug-likeness (QED) is 0.855. The van der Waals surface area contributed by atoms with Crippen LogP contribution in [0.4, 0.5) is 5.00 Å². The molecule has 0 radical (unpaired) electrons. The third kappa shape index (κ3) is 2.93. The van der Waals surface area contributed by atoms with E-state index in [1.54, 1.807) is 6.92 Å². The Morgan fingerprint density at radius 1 is 1.47 bits per heavy atom. The number of hydrogen-bond acceptors (Lipinski definition) is 5. The van der Waals surface area contributed by atoms with E-state index in [9.17, 15) is 9.00 Å². The van der Waals surface area contributed by atoms with Gasteiger partial charge in [-0.05, 0) is 38.2 Å². The van der Waals surface area contributed by atoms with E-state index in [1.807, 2.05) is 6.92 Å². The van der Waals surface area contributed by atoms with E-state index in [0.717, 1.165) is 35.0 Å². The molecule has 1 saturated heterocycles. The summed E-state index contributed by atoms with van der Waals surface area (Å²) in [6, 6.07) is 0.325. The Bertz CT molecular complexity index is 446. The second-order valence-corrected chi connectivity index (χ2v) is 6.76. The van der Waals surface area contributed by atoms with Crippen molar-refractivity contribution in [2.75, 3.05) is 16.8 Å². The molecule has 0 spiro atoms. The number of aryl methyl sites for hydroxylation is 1. The van der Waals surface area contributed by atoms with Crippen LogP contribution in [0.1, 0.15) is 35.8 Å². The van der Waals surface area contributed by atoms with E-state index < -0.39 is 10.8 Å². The minimum atomic E-state index is -0.647. The van der Waals surface area contributed by atoms with Gasteiger partial charge in [-0.3, -0.25) is 9.00 Å². The molecule has 0 aliphatic carbocycles. The normalized spacial score (nSPS) is 24.6. The minimum Gasteiger partial charge on any atom is -0.372 e. The zero-order chi connectivity index (χ0) is 12.4. The summed E-state index contributed by atoms with van der Waals surface area (Å²) in [5.41, 5.74) is 1.51. The van der Waals surface area contributed by atoms with Gasteiger partial charge >= 0.3 is 0 Å². The molecule has 1 aliphatic heterocycles. The van der Waals surface area contributed by atoms with Crippen molar-refractivity contribution >= 4 is 33.1 Å². The lowest BCUT2D eigenvalue weighted by atomic mass is 10.1. The summed E-state index contributed by atoms with van der Waals surface area (Å²) in [6.45, 7) is 3.42. The zero-order valence-electron chi connectivity index (χ0n) is 9.99. The minimum absolute atomic E-state index is 0.0538. The maximum absolute atomic E-state index is 11.5. The number of ketones is 1. The smallest absolute Gasteiger partial charge is 0.164 e. The summed E-state index contributed by atoms with van der Waals surface area (Å²) in [4.78, 5) is 11.5. The van der Waals surface area contributed by atoms with E-state index in [2.05, 4.69) is 9.69 Å². The second kappa shape index (κ2) is 5.27. The summed E-state index contributed by atoms with van der Waals surface area (Å²) >= 11 is 1.34. The van der Waals surface area contributed by atoms with Gasteiger partial charge < -0.3 is 5.32 Å². The summed E-state index contributed by atoms with van der Waals surface area (Å²) in [7, 11) is -0.647. The number of nitrogens with zero attached hydrogens (tertiary/aromatic N) is 1. The summed E-state index contributed by atoms with van der Waals surface area (Å²) in [5, 5.41) is 4.24. The number of anilines is 1. The molecule has 2 heterocycles. The van der Waals surface area contributed by atoms with Gasteiger partial charge in [0.2, 0.25) is 0 Å². The van der Waals surface area contributed by atoms with Gasteiger partial charge in [-0.25, -0.2) is 0 Å². The third-order valence-corrected chi connectivity index (χ3v) is 5.19. The Kier molecular flexibility index (Phi) is 3.93. The first-order chi connectivity index (χ1) is 8.08. The number of nitrogens with one attached hydrogen (secondary N) is 1. The number of hydrogen-bond donors (Lipinski definition) is 1. The van der Waals surface area contributed by atoms with E-state index in [4.69, 9.17) is 0 Å². The Morgan fingerprint density at radius 3 is 2.71 bits per heavy atom. The van der Waals surface area contributed by atoms with Crippen molar-refractivity contribution in [3.63, 3.8) is 0 Å². The average Bonchev–Trinajstić information content (AvgIpc) is 2.63. The highest BCUT2D eigenvalue weighted by Gasteiger charge is 2.21. The number of aromatic nitrogens is 1. The molecular formula is C11H16N2O2S2. The predicted molar refractivity (Wildman–Crippen MR) is 71.4 cm³/mol. The van der Waals surface area contributed by atoms with E-state index >= 15 is 0 Å². The highest BCUT2D eigenvalue weighted by atomic mass is 32.2. The average molecular weight is 272 g/mol. The molecule has 6 heteroatoms. The lowest BCUT2D eigenvalue weighted by Gasteiger charge is -2.22. The second-order valence-electron chi connectivity index (χ2n) is 4.29. The number of Topliss-reactive ketones (excluding diaryl/α,β-unsaturated/α-hetero) is 1. The van der Waals surface area contributed by atoms with E-state index in [0.29, 0.717) is 11.6 Å². The largest absolute Gasteiger partial charge is 0.372 e. The summed E-state index contributed by atoms with van der Waals surface area (Å²) in [6.07, 6.45) is 1.81. The van der Waals surface area contributed by atoms with Crippen molar-refractivity contribution in [1.29, 1.82) is 0 Å². The molecule has 0 saturated carbocycles. The molecule has 2 rings (SSSR count). The molecule has 1 aromatic rings. The molecule has 0 aromatic carbocycles. The maximum atomic E-state index is 11.5. The van der Waals surface area contributed by atoms with Crippen LogP contribution in [-0.2, 0) is 10.8 Å². The van der Waals surface area contributed by atoms with Gasteiger partial charge in [0.15, 0.2) is 5.78 Å². The number of carbonyl (C=O) groups is 1. The van der Waals surface area contributed by atoms with Crippen LogP contribution in [0.2, 0.25) is 0 Å². The summed E-state index contributed by atoms with van der Waals surface area (Å²) < 4.78 is 15.5. The first kappa shape index (κ1) is 12.7. The van der Waals surface area contributed by atoms with Gasteiger partial charge in [-0.1, -0.05) is 0 Å². The van der Waals surface area contributed by atoms with Gasteiger partial charge in [0, 0.05) is 28.3 Å². The fourth-order valence-electron chi connectivity index (χ4n) is 2.01. The molecule has 1 fully saturated rings. The fourth-order valence-corrected chi connectivity index (χ4v) is 4.23. The molecule has 94 valence electrons. The highest BCUT2D eigenvalue weighted by Crippen LogP contribution is 2.27. The lowest BCUT2D eigenvalue weighted by Crippen LogP contribution is -2.29. The Balaban J connectivity index is 2.08. The van der Waals surface area contributed by atoms with Crippen LogP contribution in [0.3, 0.4) is 0 Å². The van der Waals surface area contributed by atoms with Crippen molar-refractivity contribution in [3.05, 3.63) is 11.3 Å². The molecule has 17 heavy (non-hydrogen) atoms. The lowest BCUT2D eigenvalue weighted by molar-refractivity contribution is 0.101. The van der Waals surface area contributed by atoms with Crippen molar-refractivity contribution in [2.24, 2.45) is 0 Å². The summed E-state index contributed by atoms with van der Waals surface area (Å²) in [5.74, 6) is 1.56. The molecule has 4 nitrogen and oxygen atoms in total. The van der Waals surface area contributed by atoms with Gasteiger partial charge in [0.05, 0.1) is 11.3 Å². The number of carbonyl (C=O) groups excluding carboxylic acids is 1. The van der Waals surface area contributed by atoms with E-state index in [-0.39, 0.29) is 5.78 Å². The predicted octanol–water partition coefficient (Wildman–Crippen LogP) is 1.98. The molecule has 1 aromatic heterocycles. The van der Waals surface area contributed by atoms with Crippen LogP contribution in [0, 0.1) is 6.92 Å². The van der Waals surface area contributed by atoms with Crippen molar-refractivity contribution < 1.29 is 9.00 Å². The Morgan fingerprint density at radius 2 is 2.12 bits per heavy atom. The van der Waals surface area contributed by atoms with Gasteiger partial charge in [-0.2, -0.15) is 4.37 Å². The van der Waals surface area contributed by atoms with Crippen LogP contribution < -0.4 is 5.32 Å². The zero-order valence-corrected chi connectivity index (χ0v) is 11.6. The maximum Gasteiger partial charge on any atom is 0.164 e. The van der Waals surface area contributed by atoms with E-state index in [1.165, 1.54) is 11.5 Å². The molecule has 1 N–H and O–H groups in total. The van der Waals surface area contributed by atoms with Crippen LogP contribution in [0.15, 0.2) is 0 Å². The van der Waals surface area contributed by atoms with Crippen LogP contribution in [0.25, 0.3) is 0 Å². The van der Waals surface area contributed by atoms with Crippen molar-refractivity contribution in [2.45, 2.75) is 32.7 Å². The molecule has 0 amide bonds. The third-order valence-electron chi connectivity index (χ3n) is 2.94. The topological polar surface area (TPSA) is 59.1 Å². The van der Waals surface area contributed by atoms with Gasteiger partial charge in [0.1, 0.15) is 5.00 Å². The van der Waals surface area contributed by atoms with Crippen LogP contribution >= 0.6 is 11.5 Å². The first-order valence-electron chi connectivity index (χ1n) is 5.66. The Labute approximate surface area is 107 Å². The molecule has 0 unspecified atom stereocenters. The van der Waals surface area contributed by atoms with Crippen molar-refractivity contribution in [3.8, 4) is 0 Å². The molecule has 1 aliphatic rings. The van der Waals surface area contributed by atoms with Crippen molar-refractivity contribution in [1.82, 2.24) is 4.37 Å². The fraction of sp³-hybridized carbons (Fsp3) is 0.636. The highest BCUT2D eigenvalue weighted by molar-refractivity contribution is 7.85. The first-order valence-corrected chi connectivity index (χ1v) is 7.93. The SMILES string of the molecule is CC(=O)c1c(C)nsc1NC1CCS(=O)CC1. The molecule has 0 atom stereocenters. The monoisotopic (exact) mass is 272 g/mol. The van der Waals surface area contributed by atoms with Gasteiger partial charge in [0.25, 0.3) is 0 Å². The Hall–Kier alpha value is -0.750. The van der Waals surface area contributed by atoms with Crippen LogP contribution in [0.5, 0.6) is 0 Å².